The summed E-state index contributed by atoms with van der Waals surface area (Å²) in [6, 6.07) is 0. The number of unbranched alkanes of at least 4 members (excludes halogenated alkanes) is 4. The van der Waals surface area contributed by atoms with Crippen molar-refractivity contribution < 1.29 is 9.84 Å². The molecule has 2 heteroatoms. The molecule has 0 atom stereocenters. The minimum absolute atomic E-state index is 0.341. The Morgan fingerprint density at radius 2 is 1.13 bits per heavy atom. The van der Waals surface area contributed by atoms with Crippen molar-refractivity contribution >= 4 is 0 Å². The number of hydrogen-bond acceptors (Lipinski definition) is 2. The van der Waals surface area contributed by atoms with Gasteiger partial charge in [0, 0.05) is 19.8 Å². The van der Waals surface area contributed by atoms with Crippen molar-refractivity contribution in [1.82, 2.24) is 0 Å². The van der Waals surface area contributed by atoms with Gasteiger partial charge in [-0.1, -0.05) is 66.7 Å². The van der Waals surface area contributed by atoms with Gasteiger partial charge in [0.25, 0.3) is 0 Å². The minimum atomic E-state index is 0.341. The van der Waals surface area contributed by atoms with E-state index in [0.717, 1.165) is 26.1 Å². The fourth-order valence-corrected chi connectivity index (χ4v) is 2.91. The first-order valence-electron chi connectivity index (χ1n) is 10.0. The van der Waals surface area contributed by atoms with Gasteiger partial charge in [0.05, 0.1) is 0 Å². The van der Waals surface area contributed by atoms with Crippen LogP contribution in [0.4, 0.5) is 0 Å². The van der Waals surface area contributed by atoms with Gasteiger partial charge in [-0.15, -0.1) is 0 Å². The van der Waals surface area contributed by atoms with Gasteiger partial charge in [-0.2, -0.15) is 0 Å². The summed E-state index contributed by atoms with van der Waals surface area (Å²) >= 11 is 0. The summed E-state index contributed by atoms with van der Waals surface area (Å²) in [5, 5.41) is 8.81. The first-order chi connectivity index (χ1) is 10.8. The molecule has 0 aliphatic rings. The van der Waals surface area contributed by atoms with E-state index in [-0.39, 0.29) is 0 Å². The molecule has 0 unspecified atom stereocenters. The van der Waals surface area contributed by atoms with Crippen LogP contribution in [0.15, 0.2) is 0 Å². The molecule has 0 aliphatic heterocycles. The van der Waals surface area contributed by atoms with Crippen LogP contribution in [0.25, 0.3) is 0 Å². The number of hydrogen-bond donors (Lipinski definition) is 1. The van der Waals surface area contributed by atoms with Gasteiger partial charge >= 0.3 is 0 Å². The lowest BCUT2D eigenvalue weighted by atomic mass is 9.82. The van der Waals surface area contributed by atoms with Gasteiger partial charge in [-0.3, -0.25) is 0 Å². The lowest BCUT2D eigenvalue weighted by Crippen LogP contribution is -2.12. The highest BCUT2D eigenvalue weighted by Crippen LogP contribution is 2.30. The van der Waals surface area contributed by atoms with Crippen LogP contribution in [0, 0.1) is 10.8 Å². The highest BCUT2D eigenvalue weighted by molar-refractivity contribution is 4.69. The average Bonchev–Trinajstić information content (AvgIpc) is 2.50. The molecule has 0 fully saturated rings. The molecule has 0 saturated carbocycles. The lowest BCUT2D eigenvalue weighted by molar-refractivity contribution is 0.120. The Labute approximate surface area is 146 Å². The third-order valence-electron chi connectivity index (χ3n) is 5.25. The molecular formula is C21H44O2. The van der Waals surface area contributed by atoms with Crippen LogP contribution in [0.5, 0.6) is 0 Å². The monoisotopic (exact) mass is 328 g/mol. The molecule has 0 rings (SSSR count). The quantitative estimate of drug-likeness (QED) is 0.334. The number of aliphatic hydroxyl groups excluding tert-OH is 1. The normalized spacial score (nSPS) is 12.8. The second kappa shape index (κ2) is 13.2. The van der Waals surface area contributed by atoms with Gasteiger partial charge in [0.2, 0.25) is 0 Å². The topological polar surface area (TPSA) is 29.5 Å². The van der Waals surface area contributed by atoms with E-state index >= 15 is 0 Å². The lowest BCUT2D eigenvalue weighted by Gasteiger charge is -2.24. The fraction of sp³-hybridized carbons (Fsp3) is 1.00. The molecule has 0 aliphatic carbocycles. The van der Waals surface area contributed by atoms with Crippen LogP contribution in [0.2, 0.25) is 0 Å². The van der Waals surface area contributed by atoms with Gasteiger partial charge in [0.1, 0.15) is 0 Å². The SMILES string of the molecule is CCC(C)(C)CCCCOCCCCC(C)(C)CCCCCO. The maximum absolute atomic E-state index is 8.81. The van der Waals surface area contributed by atoms with Gasteiger partial charge in [-0.05, 0) is 49.4 Å². The second-order valence-corrected chi connectivity index (χ2v) is 8.74. The van der Waals surface area contributed by atoms with E-state index in [0.29, 0.717) is 17.4 Å². The summed E-state index contributed by atoms with van der Waals surface area (Å²) in [4.78, 5) is 0. The first kappa shape index (κ1) is 22.9. The summed E-state index contributed by atoms with van der Waals surface area (Å²) in [5.74, 6) is 0. The minimum Gasteiger partial charge on any atom is -0.396 e. The van der Waals surface area contributed by atoms with Crippen molar-refractivity contribution in [2.75, 3.05) is 19.8 Å². The van der Waals surface area contributed by atoms with Crippen molar-refractivity contribution in [3.8, 4) is 0 Å². The molecule has 2 nitrogen and oxygen atoms in total. The van der Waals surface area contributed by atoms with Crippen molar-refractivity contribution in [3.63, 3.8) is 0 Å². The highest BCUT2D eigenvalue weighted by Gasteiger charge is 2.16. The van der Waals surface area contributed by atoms with Gasteiger partial charge in [-0.25, -0.2) is 0 Å². The Morgan fingerprint density at radius 1 is 0.652 bits per heavy atom. The molecule has 0 spiro atoms. The third kappa shape index (κ3) is 15.2. The molecule has 0 saturated heterocycles. The average molecular weight is 329 g/mol. The molecule has 0 radical (unpaired) electrons. The van der Waals surface area contributed by atoms with Crippen LogP contribution < -0.4 is 0 Å². The van der Waals surface area contributed by atoms with Crippen molar-refractivity contribution in [2.45, 2.75) is 105 Å². The molecule has 1 N–H and O–H groups in total. The molecule has 140 valence electrons. The van der Waals surface area contributed by atoms with Crippen LogP contribution in [-0.4, -0.2) is 24.9 Å². The van der Waals surface area contributed by atoms with Gasteiger partial charge < -0.3 is 9.84 Å². The van der Waals surface area contributed by atoms with Gasteiger partial charge in [0.15, 0.2) is 0 Å². The molecule has 0 aromatic rings. The van der Waals surface area contributed by atoms with Crippen LogP contribution >= 0.6 is 0 Å². The van der Waals surface area contributed by atoms with Crippen molar-refractivity contribution in [2.24, 2.45) is 10.8 Å². The molecule has 0 bridgehead atoms. The molecule has 0 heterocycles. The molecule has 0 aromatic carbocycles. The zero-order valence-corrected chi connectivity index (χ0v) is 16.8. The summed E-state index contributed by atoms with van der Waals surface area (Å²) < 4.78 is 5.78. The van der Waals surface area contributed by atoms with E-state index < -0.39 is 0 Å². The number of ether oxygens (including phenoxy) is 1. The zero-order chi connectivity index (χ0) is 17.6. The van der Waals surface area contributed by atoms with Crippen LogP contribution in [0.1, 0.15) is 105 Å². The maximum atomic E-state index is 8.81. The van der Waals surface area contributed by atoms with E-state index in [1.165, 1.54) is 57.8 Å². The van der Waals surface area contributed by atoms with Crippen molar-refractivity contribution in [3.05, 3.63) is 0 Å². The molecule has 23 heavy (non-hydrogen) atoms. The van der Waals surface area contributed by atoms with Crippen LogP contribution in [0.3, 0.4) is 0 Å². The summed E-state index contributed by atoms with van der Waals surface area (Å²) in [5.41, 5.74) is 0.948. The Morgan fingerprint density at radius 3 is 1.61 bits per heavy atom. The third-order valence-corrected chi connectivity index (χ3v) is 5.25. The number of rotatable bonds is 16. The predicted molar refractivity (Wildman–Crippen MR) is 102 cm³/mol. The van der Waals surface area contributed by atoms with E-state index in [1.807, 2.05) is 0 Å². The summed E-state index contributed by atoms with van der Waals surface area (Å²) in [7, 11) is 0. The molecule has 0 aromatic heterocycles. The largest absolute Gasteiger partial charge is 0.396 e. The van der Waals surface area contributed by atoms with E-state index in [2.05, 4.69) is 34.6 Å². The Kier molecular flexibility index (Phi) is 13.2. The predicted octanol–water partition coefficient (Wildman–Crippen LogP) is 6.36. The second-order valence-electron chi connectivity index (χ2n) is 8.74. The Bertz CT molecular complexity index is 259. The molecule has 0 amide bonds. The zero-order valence-electron chi connectivity index (χ0n) is 16.8. The smallest absolute Gasteiger partial charge is 0.0466 e. The van der Waals surface area contributed by atoms with Crippen molar-refractivity contribution in [1.29, 1.82) is 0 Å². The maximum Gasteiger partial charge on any atom is 0.0466 e. The first-order valence-corrected chi connectivity index (χ1v) is 10.0. The summed E-state index contributed by atoms with van der Waals surface area (Å²) in [6.07, 6.45) is 13.5. The fourth-order valence-electron chi connectivity index (χ4n) is 2.91. The number of aliphatic hydroxyl groups is 1. The van der Waals surface area contributed by atoms with E-state index in [1.54, 1.807) is 0 Å². The molecular weight excluding hydrogens is 284 g/mol. The van der Waals surface area contributed by atoms with E-state index in [9.17, 15) is 0 Å². The highest BCUT2D eigenvalue weighted by atomic mass is 16.5. The summed E-state index contributed by atoms with van der Waals surface area (Å²) in [6.45, 7) is 14.0. The van der Waals surface area contributed by atoms with Crippen LogP contribution in [-0.2, 0) is 4.74 Å². The van der Waals surface area contributed by atoms with E-state index in [4.69, 9.17) is 9.84 Å². The Balaban J connectivity index is 3.41. The Hall–Kier alpha value is -0.0800. The standard InChI is InChI=1S/C21H44O2/c1-6-20(2,3)14-9-12-18-23-19-13-10-16-21(4,5)15-8-7-11-17-22/h22H,6-19H2,1-5H3.